The van der Waals surface area contributed by atoms with Crippen molar-refractivity contribution in [2.24, 2.45) is 0 Å². The Labute approximate surface area is 169 Å². The van der Waals surface area contributed by atoms with E-state index in [1.807, 2.05) is 9.80 Å². The molecule has 2 heterocycles. The van der Waals surface area contributed by atoms with Crippen LogP contribution in [0.2, 0.25) is 0 Å². The number of halogens is 2. The average Bonchev–Trinajstić information content (AvgIpc) is 2.71. The molecule has 7 nitrogen and oxygen atoms in total. The Morgan fingerprint density at radius 1 is 0.897 bits per heavy atom. The van der Waals surface area contributed by atoms with Gasteiger partial charge in [-0.25, -0.2) is 0 Å². The van der Waals surface area contributed by atoms with Crippen LogP contribution in [0.1, 0.15) is 19.3 Å². The highest BCUT2D eigenvalue weighted by molar-refractivity contribution is 5.92. The number of nitrogens with zero attached hydrogens (tertiary/aromatic N) is 3. The van der Waals surface area contributed by atoms with Crippen molar-refractivity contribution >= 4 is 17.5 Å². The molecule has 0 unspecified atom stereocenters. The van der Waals surface area contributed by atoms with Crippen molar-refractivity contribution in [2.75, 3.05) is 57.7 Å². The van der Waals surface area contributed by atoms with Crippen LogP contribution in [-0.2, 0) is 9.59 Å². The number of benzene rings is 1. The lowest BCUT2D eigenvalue weighted by molar-refractivity contribution is -0.134. The van der Waals surface area contributed by atoms with E-state index >= 15 is 0 Å². The summed E-state index contributed by atoms with van der Waals surface area (Å²) in [6, 6.07) is 5.83. The van der Waals surface area contributed by atoms with Gasteiger partial charge in [-0.2, -0.15) is 8.78 Å². The van der Waals surface area contributed by atoms with E-state index in [1.54, 1.807) is 0 Å². The summed E-state index contributed by atoms with van der Waals surface area (Å²) in [4.78, 5) is 30.8. The van der Waals surface area contributed by atoms with Crippen molar-refractivity contribution in [3.05, 3.63) is 24.3 Å². The number of hydrogen-bond acceptors (Lipinski definition) is 5. The van der Waals surface area contributed by atoms with Crippen molar-refractivity contribution in [1.29, 1.82) is 0 Å². The number of likely N-dealkylation sites (tertiary alicyclic amines) is 1. The van der Waals surface area contributed by atoms with Gasteiger partial charge in [0.05, 0.1) is 13.1 Å². The predicted molar refractivity (Wildman–Crippen MR) is 105 cm³/mol. The van der Waals surface area contributed by atoms with Gasteiger partial charge in [0.2, 0.25) is 11.8 Å². The quantitative estimate of drug-likeness (QED) is 0.743. The molecule has 1 N–H and O–H groups in total. The van der Waals surface area contributed by atoms with Crippen LogP contribution in [0.15, 0.2) is 24.3 Å². The van der Waals surface area contributed by atoms with Crippen LogP contribution in [0.3, 0.4) is 0 Å². The summed E-state index contributed by atoms with van der Waals surface area (Å²) >= 11 is 0. The number of ether oxygens (including phenoxy) is 1. The van der Waals surface area contributed by atoms with Crippen LogP contribution in [0.5, 0.6) is 5.75 Å². The molecule has 29 heavy (non-hydrogen) atoms. The molecule has 2 aliphatic heterocycles. The van der Waals surface area contributed by atoms with Gasteiger partial charge >= 0.3 is 6.61 Å². The van der Waals surface area contributed by atoms with Gasteiger partial charge in [-0.05, 0) is 43.5 Å². The molecule has 0 atom stereocenters. The minimum atomic E-state index is -2.87. The molecule has 0 saturated carbocycles. The van der Waals surface area contributed by atoms with E-state index in [0.717, 1.165) is 52.1 Å². The Hall–Kier alpha value is -2.26. The topological polar surface area (TPSA) is 65.1 Å². The average molecular weight is 410 g/mol. The Bertz CT molecular complexity index is 673. The minimum Gasteiger partial charge on any atom is -0.435 e. The van der Waals surface area contributed by atoms with Crippen LogP contribution in [0.4, 0.5) is 14.5 Å². The SMILES string of the molecule is O=C(CN1CCN(CC(=O)N2CCCCC2)CC1)Nc1ccc(OC(F)F)cc1. The fourth-order valence-electron chi connectivity index (χ4n) is 3.66. The number of hydrogen-bond donors (Lipinski definition) is 1. The number of carbonyl (C=O) groups excluding carboxylic acids is 2. The summed E-state index contributed by atoms with van der Waals surface area (Å²) in [7, 11) is 0. The first-order valence-corrected chi connectivity index (χ1v) is 10.1. The van der Waals surface area contributed by atoms with Crippen LogP contribution in [0.25, 0.3) is 0 Å². The highest BCUT2D eigenvalue weighted by Gasteiger charge is 2.23. The van der Waals surface area contributed by atoms with Crippen LogP contribution in [0, 0.1) is 0 Å². The normalized spacial score (nSPS) is 18.7. The number of piperazine rings is 1. The smallest absolute Gasteiger partial charge is 0.387 e. The number of carbonyl (C=O) groups is 2. The van der Waals surface area contributed by atoms with Gasteiger partial charge in [-0.3, -0.25) is 19.4 Å². The van der Waals surface area contributed by atoms with Gasteiger partial charge in [-0.15, -0.1) is 0 Å². The van der Waals surface area contributed by atoms with Crippen molar-refractivity contribution in [3.8, 4) is 5.75 Å². The van der Waals surface area contributed by atoms with Gasteiger partial charge in [0.1, 0.15) is 5.75 Å². The molecule has 160 valence electrons. The van der Waals surface area contributed by atoms with Crippen molar-refractivity contribution in [3.63, 3.8) is 0 Å². The summed E-state index contributed by atoms with van der Waals surface area (Å²) in [5.74, 6) is 0.0914. The second kappa shape index (κ2) is 10.5. The maximum atomic E-state index is 12.4. The number of alkyl halides is 2. The Morgan fingerprint density at radius 3 is 2.07 bits per heavy atom. The minimum absolute atomic E-state index is 0.0493. The number of rotatable bonds is 7. The standard InChI is InChI=1S/C20H28F2N4O3/c21-20(22)29-17-6-4-16(5-7-17)23-18(27)14-24-10-12-25(13-11-24)15-19(28)26-8-2-1-3-9-26/h4-7,20H,1-3,8-15H2,(H,23,27). The lowest BCUT2D eigenvalue weighted by atomic mass is 10.1. The summed E-state index contributed by atoms with van der Waals surface area (Å²) in [6.07, 6.45) is 3.39. The molecule has 2 fully saturated rings. The first kappa shape index (κ1) is 21.4. The maximum absolute atomic E-state index is 12.4. The molecule has 2 amide bonds. The Morgan fingerprint density at radius 2 is 1.48 bits per heavy atom. The third-order valence-corrected chi connectivity index (χ3v) is 5.26. The molecular weight excluding hydrogens is 382 g/mol. The molecule has 2 aliphatic rings. The largest absolute Gasteiger partial charge is 0.435 e. The summed E-state index contributed by atoms with van der Waals surface area (Å²) in [5.41, 5.74) is 0.530. The molecule has 1 aromatic carbocycles. The summed E-state index contributed by atoms with van der Waals surface area (Å²) in [5, 5.41) is 2.76. The van der Waals surface area contributed by atoms with Crippen molar-refractivity contribution < 1.29 is 23.1 Å². The molecule has 0 aromatic heterocycles. The summed E-state index contributed by atoms with van der Waals surface area (Å²) < 4.78 is 28.6. The van der Waals surface area contributed by atoms with E-state index < -0.39 is 6.61 Å². The number of anilines is 1. The summed E-state index contributed by atoms with van der Waals surface area (Å²) in [6.45, 7) is 2.53. The molecule has 3 rings (SSSR count). The molecule has 2 saturated heterocycles. The van der Waals surface area contributed by atoms with Gasteiger partial charge in [-0.1, -0.05) is 0 Å². The molecule has 1 aromatic rings. The van der Waals surface area contributed by atoms with Crippen LogP contribution >= 0.6 is 0 Å². The zero-order chi connectivity index (χ0) is 20.6. The fraction of sp³-hybridized carbons (Fsp3) is 0.600. The second-order valence-corrected chi connectivity index (χ2v) is 7.44. The Balaban J connectivity index is 1.36. The van der Waals surface area contributed by atoms with E-state index in [9.17, 15) is 18.4 Å². The number of amides is 2. The van der Waals surface area contributed by atoms with Crippen molar-refractivity contribution in [2.45, 2.75) is 25.9 Å². The maximum Gasteiger partial charge on any atom is 0.387 e. The molecule has 9 heteroatoms. The van der Waals surface area contributed by atoms with Crippen molar-refractivity contribution in [1.82, 2.24) is 14.7 Å². The van der Waals surface area contributed by atoms with Crippen LogP contribution < -0.4 is 10.1 Å². The van der Waals surface area contributed by atoms with E-state index in [4.69, 9.17) is 0 Å². The number of piperidine rings is 1. The lowest BCUT2D eigenvalue weighted by Gasteiger charge is -2.35. The molecule has 0 radical (unpaired) electrons. The predicted octanol–water partition coefficient (Wildman–Crippen LogP) is 1.86. The fourth-order valence-corrected chi connectivity index (χ4v) is 3.66. The van der Waals surface area contributed by atoms with E-state index in [0.29, 0.717) is 12.2 Å². The third-order valence-electron chi connectivity index (χ3n) is 5.26. The highest BCUT2D eigenvalue weighted by Crippen LogP contribution is 2.17. The molecule has 0 aliphatic carbocycles. The lowest BCUT2D eigenvalue weighted by Crippen LogP contribution is -2.51. The van der Waals surface area contributed by atoms with Gasteiger partial charge in [0.15, 0.2) is 0 Å². The number of nitrogens with one attached hydrogen (secondary N) is 1. The monoisotopic (exact) mass is 410 g/mol. The first-order valence-electron chi connectivity index (χ1n) is 10.1. The second-order valence-electron chi connectivity index (χ2n) is 7.44. The highest BCUT2D eigenvalue weighted by atomic mass is 19.3. The third kappa shape index (κ3) is 6.93. The molecular formula is C20H28F2N4O3. The molecule has 0 spiro atoms. The first-order chi connectivity index (χ1) is 14.0. The Kier molecular flexibility index (Phi) is 7.76. The zero-order valence-corrected chi connectivity index (χ0v) is 16.5. The van der Waals surface area contributed by atoms with Crippen LogP contribution in [-0.4, -0.2) is 85.5 Å². The van der Waals surface area contributed by atoms with E-state index in [-0.39, 0.29) is 24.1 Å². The van der Waals surface area contributed by atoms with E-state index in [2.05, 4.69) is 15.0 Å². The zero-order valence-electron chi connectivity index (χ0n) is 16.5. The van der Waals surface area contributed by atoms with Gasteiger partial charge in [0, 0.05) is 45.0 Å². The van der Waals surface area contributed by atoms with Gasteiger partial charge in [0.25, 0.3) is 0 Å². The molecule has 0 bridgehead atoms. The van der Waals surface area contributed by atoms with Gasteiger partial charge < -0.3 is 15.0 Å². The van der Waals surface area contributed by atoms with E-state index in [1.165, 1.54) is 30.7 Å².